The van der Waals surface area contributed by atoms with Gasteiger partial charge in [0.1, 0.15) is 12.4 Å². The molecule has 0 saturated carbocycles. The van der Waals surface area contributed by atoms with E-state index in [1.807, 2.05) is 54.6 Å². The summed E-state index contributed by atoms with van der Waals surface area (Å²) in [5.74, 6) is 0.356. The van der Waals surface area contributed by atoms with Crippen LogP contribution in [0.25, 0.3) is 0 Å². The van der Waals surface area contributed by atoms with Crippen LogP contribution in [-0.2, 0) is 27.4 Å². The zero-order chi connectivity index (χ0) is 22.6. The van der Waals surface area contributed by atoms with E-state index in [4.69, 9.17) is 14.2 Å². The number of β-lactam (4-membered cyclic amide) rings is 1. The summed E-state index contributed by atoms with van der Waals surface area (Å²) in [5, 5.41) is 14.7. The summed E-state index contributed by atoms with van der Waals surface area (Å²) >= 11 is 0. The highest BCUT2D eigenvalue weighted by Gasteiger charge is 2.56. The first-order valence-electron chi connectivity index (χ1n) is 9.80. The number of ether oxygens (including phenoxy) is 3. The van der Waals surface area contributed by atoms with Crippen LogP contribution in [-0.4, -0.2) is 58.7 Å². The quantitative estimate of drug-likeness (QED) is 0.413. The lowest BCUT2D eigenvalue weighted by atomic mass is 10.0. The molecule has 0 aliphatic carbocycles. The van der Waals surface area contributed by atoms with E-state index in [0.29, 0.717) is 6.54 Å². The van der Waals surface area contributed by atoms with Gasteiger partial charge in [0.05, 0.1) is 20.2 Å². The Labute approximate surface area is 183 Å². The summed E-state index contributed by atoms with van der Waals surface area (Å²) in [4.78, 5) is 27.6. The summed E-state index contributed by atoms with van der Waals surface area (Å²) in [5.41, 5.74) is 0.238. The van der Waals surface area contributed by atoms with Gasteiger partial charge >= 0.3 is 6.09 Å². The topological polar surface area (TPSA) is 121 Å². The van der Waals surface area contributed by atoms with Gasteiger partial charge in [-0.05, 0) is 28.5 Å². The number of amides is 2. The zero-order valence-corrected chi connectivity index (χ0v) is 17.6. The summed E-state index contributed by atoms with van der Waals surface area (Å²) in [6.07, 6.45) is -0.764. The minimum atomic E-state index is -1.53. The van der Waals surface area contributed by atoms with Gasteiger partial charge in [0.2, 0.25) is 5.72 Å². The maximum absolute atomic E-state index is 12.8. The highest BCUT2D eigenvalue weighted by Crippen LogP contribution is 2.27. The number of benzene rings is 2. The van der Waals surface area contributed by atoms with Crippen LogP contribution >= 0.6 is 0 Å². The molecule has 3 aromatic rings. The molecule has 1 fully saturated rings. The Bertz CT molecular complexity index is 1090. The van der Waals surface area contributed by atoms with Crippen LogP contribution in [0.5, 0.6) is 5.75 Å². The van der Waals surface area contributed by atoms with Crippen molar-refractivity contribution in [1.29, 1.82) is 0 Å². The van der Waals surface area contributed by atoms with E-state index in [9.17, 15) is 9.59 Å². The SMILES string of the molecule is COc1ccc(Cn2nnc(N3CC(NC(=O)OCc4ccccc4)(OC)C3=O)n2)cc1. The first-order chi connectivity index (χ1) is 15.5. The molecular weight excluding hydrogens is 416 g/mol. The summed E-state index contributed by atoms with van der Waals surface area (Å²) in [7, 11) is 2.93. The fourth-order valence-corrected chi connectivity index (χ4v) is 3.17. The van der Waals surface area contributed by atoms with E-state index in [2.05, 4.69) is 20.7 Å². The molecule has 1 atom stereocenters. The van der Waals surface area contributed by atoms with Crippen molar-refractivity contribution in [3.05, 3.63) is 65.7 Å². The fourth-order valence-electron chi connectivity index (χ4n) is 3.17. The number of tetrazole rings is 1. The third-order valence-corrected chi connectivity index (χ3v) is 5.00. The third-order valence-electron chi connectivity index (χ3n) is 5.00. The Morgan fingerprint density at radius 3 is 2.50 bits per heavy atom. The Kier molecular flexibility index (Phi) is 5.99. The number of nitrogens with zero attached hydrogens (tertiary/aromatic N) is 5. The van der Waals surface area contributed by atoms with Gasteiger partial charge < -0.3 is 14.2 Å². The van der Waals surface area contributed by atoms with Gasteiger partial charge in [0.15, 0.2) is 0 Å². The maximum atomic E-state index is 12.8. The average Bonchev–Trinajstić information content (AvgIpc) is 3.28. The van der Waals surface area contributed by atoms with E-state index in [1.54, 1.807) is 7.11 Å². The molecule has 1 N–H and O–H groups in total. The van der Waals surface area contributed by atoms with Crippen molar-refractivity contribution >= 4 is 17.9 Å². The van der Waals surface area contributed by atoms with E-state index >= 15 is 0 Å². The number of rotatable bonds is 8. The van der Waals surface area contributed by atoms with Crippen molar-refractivity contribution in [2.45, 2.75) is 18.9 Å². The predicted octanol–water partition coefficient (Wildman–Crippen LogP) is 1.35. The molecule has 32 heavy (non-hydrogen) atoms. The van der Waals surface area contributed by atoms with Crippen molar-refractivity contribution in [2.75, 3.05) is 25.7 Å². The van der Waals surface area contributed by atoms with E-state index in [0.717, 1.165) is 16.9 Å². The maximum Gasteiger partial charge on any atom is 0.410 e. The monoisotopic (exact) mass is 438 g/mol. The Hall–Kier alpha value is -3.99. The van der Waals surface area contributed by atoms with Gasteiger partial charge in [0.25, 0.3) is 11.9 Å². The number of anilines is 1. The van der Waals surface area contributed by atoms with Crippen LogP contribution < -0.4 is 15.0 Å². The number of alkyl carbamates (subject to hydrolysis) is 1. The number of carbonyl (C=O) groups is 2. The third kappa shape index (κ3) is 4.37. The molecule has 0 bridgehead atoms. The van der Waals surface area contributed by atoms with Gasteiger partial charge in [0, 0.05) is 7.11 Å². The minimum absolute atomic E-state index is 0.0248. The first-order valence-corrected chi connectivity index (χ1v) is 9.80. The lowest BCUT2D eigenvalue weighted by Gasteiger charge is -2.44. The number of hydrogen-bond acceptors (Lipinski definition) is 8. The van der Waals surface area contributed by atoms with E-state index < -0.39 is 17.7 Å². The highest BCUT2D eigenvalue weighted by molar-refractivity contribution is 6.06. The first kappa shape index (κ1) is 21.2. The van der Waals surface area contributed by atoms with Gasteiger partial charge in [-0.2, -0.15) is 4.80 Å². The molecule has 1 unspecified atom stereocenters. The smallest absolute Gasteiger partial charge is 0.410 e. The summed E-state index contributed by atoms with van der Waals surface area (Å²) in [6, 6.07) is 16.7. The molecule has 1 aliphatic heterocycles. The number of carbonyl (C=O) groups excluding carboxylic acids is 2. The molecule has 11 heteroatoms. The molecule has 2 amide bonds. The predicted molar refractivity (Wildman–Crippen MR) is 112 cm³/mol. The Balaban J connectivity index is 1.34. The van der Waals surface area contributed by atoms with Crippen LogP contribution in [0.2, 0.25) is 0 Å². The second kappa shape index (κ2) is 9.02. The van der Waals surface area contributed by atoms with Crippen LogP contribution in [0.15, 0.2) is 54.6 Å². The fraction of sp³-hybridized carbons (Fsp3) is 0.286. The van der Waals surface area contributed by atoms with Gasteiger partial charge in [-0.3, -0.25) is 15.0 Å². The summed E-state index contributed by atoms with van der Waals surface area (Å²) in [6.45, 7) is 0.473. The van der Waals surface area contributed by atoms with Crippen LogP contribution in [0.1, 0.15) is 11.1 Å². The Morgan fingerprint density at radius 2 is 1.84 bits per heavy atom. The molecule has 0 spiro atoms. The van der Waals surface area contributed by atoms with Gasteiger partial charge in [-0.1, -0.05) is 47.6 Å². The second-order valence-corrected chi connectivity index (χ2v) is 7.08. The molecule has 4 rings (SSSR count). The Morgan fingerprint density at radius 1 is 1.09 bits per heavy atom. The highest BCUT2D eigenvalue weighted by atomic mass is 16.6. The van der Waals surface area contributed by atoms with Crippen LogP contribution in [0, 0.1) is 0 Å². The van der Waals surface area contributed by atoms with E-state index in [1.165, 1.54) is 16.8 Å². The van der Waals surface area contributed by atoms with Crippen LogP contribution in [0.3, 0.4) is 0 Å². The lowest BCUT2D eigenvalue weighted by molar-refractivity contribution is -0.155. The number of nitrogens with one attached hydrogen (secondary N) is 1. The van der Waals surface area contributed by atoms with Crippen molar-refractivity contribution in [1.82, 2.24) is 25.5 Å². The van der Waals surface area contributed by atoms with Gasteiger partial charge in [-0.15, -0.1) is 5.10 Å². The normalized spacial score (nSPS) is 17.6. The molecule has 1 saturated heterocycles. The minimum Gasteiger partial charge on any atom is -0.497 e. The van der Waals surface area contributed by atoms with Crippen molar-refractivity contribution in [3.8, 4) is 5.75 Å². The number of aromatic nitrogens is 4. The van der Waals surface area contributed by atoms with Gasteiger partial charge in [-0.25, -0.2) is 4.79 Å². The largest absolute Gasteiger partial charge is 0.497 e. The summed E-state index contributed by atoms with van der Waals surface area (Å²) < 4.78 is 15.6. The lowest BCUT2D eigenvalue weighted by Crippen LogP contribution is -2.75. The average molecular weight is 438 g/mol. The van der Waals surface area contributed by atoms with Crippen molar-refractivity contribution in [3.63, 3.8) is 0 Å². The molecular formula is C21H22N6O5. The molecule has 1 aliphatic rings. The number of methoxy groups -OCH3 is 2. The van der Waals surface area contributed by atoms with Crippen LogP contribution in [0.4, 0.5) is 10.7 Å². The molecule has 1 aromatic heterocycles. The van der Waals surface area contributed by atoms with E-state index in [-0.39, 0.29) is 19.1 Å². The molecule has 11 nitrogen and oxygen atoms in total. The molecule has 2 heterocycles. The molecule has 0 radical (unpaired) electrons. The zero-order valence-electron chi connectivity index (χ0n) is 17.6. The molecule has 2 aromatic carbocycles. The number of hydrogen-bond donors (Lipinski definition) is 1. The van der Waals surface area contributed by atoms with Crippen molar-refractivity contribution in [2.24, 2.45) is 0 Å². The standard InChI is InChI=1S/C21H22N6O5/c1-30-17-10-8-15(9-11-17)12-27-24-19(23-25-27)26-14-21(31-2,18(26)28)22-20(29)32-13-16-6-4-3-5-7-16/h3-11H,12-14H2,1-2H3,(H,22,29). The van der Waals surface area contributed by atoms with Crippen molar-refractivity contribution < 1.29 is 23.8 Å². The molecule has 166 valence electrons. The second-order valence-electron chi connectivity index (χ2n) is 7.08.